The van der Waals surface area contributed by atoms with E-state index in [1.165, 1.54) is 0 Å². The van der Waals surface area contributed by atoms with Crippen LogP contribution in [0.3, 0.4) is 0 Å². The van der Waals surface area contributed by atoms with Crippen LogP contribution in [-0.2, 0) is 0 Å². The lowest BCUT2D eigenvalue weighted by Crippen LogP contribution is -2.12. The van der Waals surface area contributed by atoms with Gasteiger partial charge in [-0.1, -0.05) is 28.9 Å². The number of halogens is 1. The van der Waals surface area contributed by atoms with E-state index < -0.39 is 0 Å². The lowest BCUT2D eigenvalue weighted by molar-refractivity contribution is 0.102. The summed E-state index contributed by atoms with van der Waals surface area (Å²) < 4.78 is 16.7. The van der Waals surface area contributed by atoms with E-state index in [2.05, 4.69) is 25.0 Å². The second-order valence-electron chi connectivity index (χ2n) is 6.33. The Labute approximate surface area is 186 Å². The fraction of sp³-hybridized carbons (Fsp3) is 0.150. The number of aromatic nitrogens is 5. The molecule has 11 heteroatoms. The Morgan fingerprint density at radius 1 is 1.16 bits per heavy atom. The molecule has 0 saturated carbocycles. The Balaban J connectivity index is 1.62. The Morgan fingerprint density at radius 3 is 2.71 bits per heavy atom. The summed E-state index contributed by atoms with van der Waals surface area (Å²) in [4.78, 5) is 16.8. The second-order valence-corrected chi connectivity index (χ2v) is 7.49. The lowest BCUT2D eigenvalue weighted by atomic mass is 10.2. The standard InChI is InChI=1S/C20H17ClN6O3S/c1-11-17(24-26-27(11)15-10-12(29-2)8-9-16(15)30-3)18-22-20(31-25-18)23-19(28)13-6-4-5-7-14(13)21/h4-10H,1-3H3,(H,22,23,25,28). The highest BCUT2D eigenvalue weighted by Gasteiger charge is 2.20. The lowest BCUT2D eigenvalue weighted by Gasteiger charge is -2.11. The number of benzene rings is 2. The number of carbonyl (C=O) groups excluding carboxylic acids is 1. The minimum atomic E-state index is -0.366. The fourth-order valence-electron chi connectivity index (χ4n) is 2.91. The van der Waals surface area contributed by atoms with Gasteiger partial charge in [-0.2, -0.15) is 9.36 Å². The molecule has 2 aromatic carbocycles. The van der Waals surface area contributed by atoms with Gasteiger partial charge in [-0.25, -0.2) is 4.68 Å². The van der Waals surface area contributed by atoms with Gasteiger partial charge in [0.05, 0.1) is 30.5 Å². The van der Waals surface area contributed by atoms with Crippen molar-refractivity contribution in [3.05, 3.63) is 58.7 Å². The zero-order valence-corrected chi connectivity index (χ0v) is 18.4. The SMILES string of the molecule is COc1ccc(OC)c(-n2nnc(-c3nsc(NC(=O)c4ccccc4Cl)n3)c2C)c1. The van der Waals surface area contributed by atoms with Crippen molar-refractivity contribution in [1.29, 1.82) is 0 Å². The van der Waals surface area contributed by atoms with Gasteiger partial charge in [0.1, 0.15) is 17.2 Å². The average molecular weight is 457 g/mol. The number of nitrogens with one attached hydrogen (secondary N) is 1. The monoisotopic (exact) mass is 456 g/mol. The summed E-state index contributed by atoms with van der Waals surface area (Å²) >= 11 is 7.12. The molecule has 0 aliphatic heterocycles. The first-order valence-corrected chi connectivity index (χ1v) is 10.2. The first-order chi connectivity index (χ1) is 15.0. The Bertz CT molecular complexity index is 1260. The second kappa shape index (κ2) is 8.70. The predicted octanol–water partition coefficient (Wildman–Crippen LogP) is 4.02. The highest BCUT2D eigenvalue weighted by molar-refractivity contribution is 7.10. The van der Waals surface area contributed by atoms with Crippen LogP contribution < -0.4 is 14.8 Å². The van der Waals surface area contributed by atoms with Crippen molar-refractivity contribution >= 4 is 34.2 Å². The summed E-state index contributed by atoms with van der Waals surface area (Å²) in [6.45, 7) is 1.84. The van der Waals surface area contributed by atoms with Crippen molar-refractivity contribution in [2.75, 3.05) is 19.5 Å². The van der Waals surface area contributed by atoms with Crippen LogP contribution in [0.4, 0.5) is 5.13 Å². The van der Waals surface area contributed by atoms with Gasteiger partial charge in [-0.3, -0.25) is 10.1 Å². The number of ether oxygens (including phenoxy) is 2. The van der Waals surface area contributed by atoms with Gasteiger partial charge in [0.2, 0.25) is 5.13 Å². The number of hydrogen-bond donors (Lipinski definition) is 1. The summed E-state index contributed by atoms with van der Waals surface area (Å²) in [7, 11) is 3.16. The minimum Gasteiger partial charge on any atom is -0.497 e. The van der Waals surface area contributed by atoms with Crippen LogP contribution in [0.5, 0.6) is 11.5 Å². The number of hydrogen-bond acceptors (Lipinski definition) is 8. The van der Waals surface area contributed by atoms with Crippen LogP contribution >= 0.6 is 23.1 Å². The first-order valence-electron chi connectivity index (χ1n) is 9.06. The maximum Gasteiger partial charge on any atom is 0.258 e. The number of nitrogens with zero attached hydrogens (tertiary/aromatic N) is 5. The van der Waals surface area contributed by atoms with E-state index in [0.29, 0.717) is 50.1 Å². The van der Waals surface area contributed by atoms with Gasteiger partial charge >= 0.3 is 0 Å². The molecular weight excluding hydrogens is 440 g/mol. The van der Waals surface area contributed by atoms with Crippen molar-refractivity contribution in [1.82, 2.24) is 24.4 Å². The zero-order chi connectivity index (χ0) is 22.0. The molecule has 2 aromatic heterocycles. The van der Waals surface area contributed by atoms with Crippen molar-refractivity contribution in [3.63, 3.8) is 0 Å². The van der Waals surface area contributed by atoms with E-state index in [-0.39, 0.29) is 5.91 Å². The third-order valence-electron chi connectivity index (χ3n) is 4.49. The smallest absolute Gasteiger partial charge is 0.258 e. The van der Waals surface area contributed by atoms with Crippen LogP contribution in [0.15, 0.2) is 42.5 Å². The molecule has 0 bridgehead atoms. The zero-order valence-electron chi connectivity index (χ0n) is 16.8. The molecule has 158 valence electrons. The van der Waals surface area contributed by atoms with Crippen LogP contribution in [0, 0.1) is 6.92 Å². The highest BCUT2D eigenvalue weighted by Crippen LogP contribution is 2.30. The largest absolute Gasteiger partial charge is 0.497 e. The van der Waals surface area contributed by atoms with E-state index in [1.807, 2.05) is 6.92 Å². The van der Waals surface area contributed by atoms with Gasteiger partial charge in [-0.15, -0.1) is 5.10 Å². The topological polar surface area (TPSA) is 104 Å². The number of methoxy groups -OCH3 is 2. The van der Waals surface area contributed by atoms with Gasteiger partial charge in [0.15, 0.2) is 11.5 Å². The summed E-state index contributed by atoms with van der Waals surface area (Å²) in [5.74, 6) is 1.25. The summed E-state index contributed by atoms with van der Waals surface area (Å²) in [6, 6.07) is 12.2. The average Bonchev–Trinajstić information content (AvgIpc) is 3.39. The Hall–Kier alpha value is -3.50. The summed E-state index contributed by atoms with van der Waals surface area (Å²) in [5.41, 5.74) is 2.21. The maximum absolute atomic E-state index is 12.5. The number of carbonyl (C=O) groups is 1. The Morgan fingerprint density at radius 2 is 1.97 bits per heavy atom. The first kappa shape index (κ1) is 20.8. The van der Waals surface area contributed by atoms with Crippen LogP contribution in [0.25, 0.3) is 17.2 Å². The molecule has 0 aliphatic rings. The van der Waals surface area contributed by atoms with Gasteiger partial charge in [0, 0.05) is 17.6 Å². The molecule has 0 atom stereocenters. The van der Waals surface area contributed by atoms with Crippen molar-refractivity contribution in [2.45, 2.75) is 6.92 Å². The minimum absolute atomic E-state index is 0.327. The summed E-state index contributed by atoms with van der Waals surface area (Å²) in [5, 5.41) is 11.8. The van der Waals surface area contributed by atoms with E-state index in [9.17, 15) is 4.79 Å². The van der Waals surface area contributed by atoms with Gasteiger partial charge in [0.25, 0.3) is 5.91 Å². The van der Waals surface area contributed by atoms with Crippen LogP contribution in [0.2, 0.25) is 5.02 Å². The van der Waals surface area contributed by atoms with Gasteiger partial charge < -0.3 is 9.47 Å². The summed E-state index contributed by atoms with van der Waals surface area (Å²) in [6.07, 6.45) is 0. The van der Waals surface area contributed by atoms with E-state index in [4.69, 9.17) is 21.1 Å². The molecule has 0 spiro atoms. The molecular formula is C20H17ClN6O3S. The molecule has 4 rings (SSSR count). The molecule has 4 aromatic rings. The number of rotatable bonds is 6. The molecule has 9 nitrogen and oxygen atoms in total. The van der Waals surface area contributed by atoms with Crippen LogP contribution in [-0.4, -0.2) is 44.5 Å². The molecule has 31 heavy (non-hydrogen) atoms. The molecule has 0 radical (unpaired) electrons. The quantitative estimate of drug-likeness (QED) is 0.467. The number of anilines is 1. The fourth-order valence-corrected chi connectivity index (χ4v) is 3.69. The Kier molecular flexibility index (Phi) is 5.83. The van der Waals surface area contributed by atoms with Crippen molar-refractivity contribution in [2.24, 2.45) is 0 Å². The maximum atomic E-state index is 12.5. The molecule has 0 unspecified atom stereocenters. The molecule has 1 N–H and O–H groups in total. The third-order valence-corrected chi connectivity index (χ3v) is 5.45. The molecule has 2 heterocycles. The molecule has 0 aliphatic carbocycles. The van der Waals surface area contributed by atoms with E-state index >= 15 is 0 Å². The highest BCUT2D eigenvalue weighted by atomic mass is 35.5. The van der Waals surface area contributed by atoms with Crippen LogP contribution in [0.1, 0.15) is 16.1 Å². The molecule has 1 amide bonds. The van der Waals surface area contributed by atoms with E-state index in [1.54, 1.807) is 61.4 Å². The van der Waals surface area contributed by atoms with Gasteiger partial charge in [-0.05, 0) is 31.2 Å². The molecule has 0 saturated heterocycles. The van der Waals surface area contributed by atoms with Crippen molar-refractivity contribution < 1.29 is 14.3 Å². The van der Waals surface area contributed by atoms with Crippen molar-refractivity contribution in [3.8, 4) is 28.7 Å². The van der Waals surface area contributed by atoms with E-state index in [0.717, 1.165) is 11.5 Å². The predicted molar refractivity (Wildman–Crippen MR) is 118 cm³/mol. The molecule has 0 fully saturated rings. The third kappa shape index (κ3) is 4.07. The normalized spacial score (nSPS) is 10.7. The number of amides is 1.